The van der Waals surface area contributed by atoms with E-state index < -0.39 is 0 Å². The fourth-order valence-electron chi connectivity index (χ4n) is 3.75. The minimum atomic E-state index is -0.203. The monoisotopic (exact) mass is 393 g/mol. The number of hydrogen-bond acceptors (Lipinski definition) is 5. The molecule has 1 heterocycles. The Bertz CT molecular complexity index is 1040. The number of nitrogens with zero attached hydrogens (tertiary/aromatic N) is 1. The maximum Gasteiger partial charge on any atom is 0.269 e. The van der Waals surface area contributed by atoms with Gasteiger partial charge >= 0.3 is 0 Å². The number of fused-ring (bicyclic) bond motifs is 1. The highest BCUT2D eigenvalue weighted by atomic mass is 16.5. The maximum absolute atomic E-state index is 12.8. The molecule has 2 N–H and O–H groups in total. The number of carbonyl (C=O) groups excluding carboxylic acids is 1. The summed E-state index contributed by atoms with van der Waals surface area (Å²) in [6.07, 6.45) is 1.70. The third-order valence-corrected chi connectivity index (χ3v) is 5.23. The number of H-pyrrole nitrogens is 1. The van der Waals surface area contributed by atoms with Gasteiger partial charge in [0.25, 0.3) is 5.91 Å². The van der Waals surface area contributed by atoms with Gasteiger partial charge in [0.05, 0.1) is 33.1 Å². The van der Waals surface area contributed by atoms with E-state index in [1.165, 1.54) is 0 Å². The number of aryl methyl sites for hydroxylation is 1. The Labute approximate surface area is 169 Å². The van der Waals surface area contributed by atoms with Gasteiger partial charge in [0, 0.05) is 5.56 Å². The highest BCUT2D eigenvalue weighted by Gasteiger charge is 2.27. The van der Waals surface area contributed by atoms with Crippen molar-refractivity contribution in [3.05, 3.63) is 59.3 Å². The fourth-order valence-corrected chi connectivity index (χ4v) is 3.75. The highest BCUT2D eigenvalue weighted by molar-refractivity contribution is 5.94. The molecule has 0 saturated carbocycles. The van der Waals surface area contributed by atoms with Crippen LogP contribution in [-0.4, -0.2) is 37.4 Å². The van der Waals surface area contributed by atoms with Crippen LogP contribution in [0, 0.1) is 0 Å². The molecule has 1 aliphatic carbocycles. The smallest absolute Gasteiger partial charge is 0.269 e. The van der Waals surface area contributed by atoms with Crippen LogP contribution in [-0.2, 0) is 6.42 Å². The Hall–Kier alpha value is -3.48. The van der Waals surface area contributed by atoms with Gasteiger partial charge in [0.2, 0.25) is 0 Å². The highest BCUT2D eigenvalue weighted by Crippen LogP contribution is 2.39. The van der Waals surface area contributed by atoms with Crippen molar-refractivity contribution in [3.63, 3.8) is 0 Å². The second kappa shape index (κ2) is 7.87. The first kappa shape index (κ1) is 18.9. The predicted molar refractivity (Wildman–Crippen MR) is 109 cm³/mol. The molecule has 4 rings (SSSR count). The third kappa shape index (κ3) is 3.51. The SMILES string of the molecule is COc1cc2c(cc1OC)C(NC(=O)c1cc(-c3ccccc3OC)n[nH]1)CC2. The van der Waals surface area contributed by atoms with Gasteiger partial charge in [-0.2, -0.15) is 5.10 Å². The lowest BCUT2D eigenvalue weighted by molar-refractivity contribution is 0.0931. The van der Waals surface area contributed by atoms with Gasteiger partial charge in [-0.05, 0) is 54.3 Å². The number of para-hydroxylation sites is 1. The van der Waals surface area contributed by atoms with E-state index in [2.05, 4.69) is 15.5 Å². The summed E-state index contributed by atoms with van der Waals surface area (Å²) >= 11 is 0. The van der Waals surface area contributed by atoms with Crippen LogP contribution in [0.4, 0.5) is 0 Å². The number of aromatic amines is 1. The van der Waals surface area contributed by atoms with E-state index in [0.717, 1.165) is 29.5 Å². The number of carbonyl (C=O) groups is 1. The van der Waals surface area contributed by atoms with E-state index >= 15 is 0 Å². The minimum Gasteiger partial charge on any atom is -0.496 e. The zero-order chi connectivity index (χ0) is 20.4. The summed E-state index contributed by atoms with van der Waals surface area (Å²) in [5, 5.41) is 10.2. The largest absolute Gasteiger partial charge is 0.496 e. The second-order valence-corrected chi connectivity index (χ2v) is 6.84. The standard InChI is InChI=1S/C22H23N3O4/c1-27-19-7-5-4-6-14(19)17-12-18(25-24-17)22(26)23-16-9-8-13-10-20(28-2)21(29-3)11-15(13)16/h4-7,10-12,16H,8-9H2,1-3H3,(H,23,26)(H,24,25). The lowest BCUT2D eigenvalue weighted by atomic mass is 10.1. The summed E-state index contributed by atoms with van der Waals surface area (Å²) in [7, 11) is 4.84. The van der Waals surface area contributed by atoms with E-state index in [1.807, 2.05) is 36.4 Å². The number of methoxy groups -OCH3 is 3. The molecule has 1 amide bonds. The number of rotatable bonds is 6. The molecule has 7 heteroatoms. The summed E-state index contributed by atoms with van der Waals surface area (Å²) in [5.41, 5.74) is 4.10. The fraction of sp³-hybridized carbons (Fsp3) is 0.273. The van der Waals surface area contributed by atoms with Crippen molar-refractivity contribution in [3.8, 4) is 28.5 Å². The van der Waals surface area contributed by atoms with E-state index in [0.29, 0.717) is 28.6 Å². The molecule has 0 spiro atoms. The van der Waals surface area contributed by atoms with Crippen molar-refractivity contribution < 1.29 is 19.0 Å². The van der Waals surface area contributed by atoms with Crippen molar-refractivity contribution in [2.75, 3.05) is 21.3 Å². The van der Waals surface area contributed by atoms with Crippen molar-refractivity contribution >= 4 is 5.91 Å². The molecular weight excluding hydrogens is 370 g/mol. The molecule has 1 aromatic heterocycles. The number of benzene rings is 2. The number of nitrogens with one attached hydrogen (secondary N) is 2. The lowest BCUT2D eigenvalue weighted by Crippen LogP contribution is -2.27. The van der Waals surface area contributed by atoms with Crippen LogP contribution < -0.4 is 19.5 Å². The number of hydrogen-bond donors (Lipinski definition) is 2. The van der Waals surface area contributed by atoms with Gasteiger partial charge < -0.3 is 19.5 Å². The molecule has 150 valence electrons. The van der Waals surface area contributed by atoms with Gasteiger partial charge in [0.15, 0.2) is 11.5 Å². The first-order valence-electron chi connectivity index (χ1n) is 9.39. The second-order valence-electron chi connectivity index (χ2n) is 6.84. The Kier molecular flexibility index (Phi) is 5.12. The average molecular weight is 393 g/mol. The van der Waals surface area contributed by atoms with Crippen LogP contribution in [0.15, 0.2) is 42.5 Å². The van der Waals surface area contributed by atoms with Crippen molar-refractivity contribution in [1.82, 2.24) is 15.5 Å². The summed E-state index contributed by atoms with van der Waals surface area (Å²) in [6.45, 7) is 0. The van der Waals surface area contributed by atoms with Crippen LogP contribution in [0.3, 0.4) is 0 Å². The van der Waals surface area contributed by atoms with Gasteiger partial charge in [-0.1, -0.05) is 12.1 Å². The van der Waals surface area contributed by atoms with E-state index in [1.54, 1.807) is 27.4 Å². The van der Waals surface area contributed by atoms with E-state index in [4.69, 9.17) is 14.2 Å². The quantitative estimate of drug-likeness (QED) is 0.669. The Morgan fingerprint density at radius 2 is 1.76 bits per heavy atom. The Balaban J connectivity index is 1.54. The topological polar surface area (TPSA) is 85.5 Å². The molecule has 1 unspecified atom stereocenters. The zero-order valence-corrected chi connectivity index (χ0v) is 16.6. The van der Waals surface area contributed by atoms with Crippen LogP contribution >= 0.6 is 0 Å². The molecule has 1 aliphatic rings. The first-order chi connectivity index (χ1) is 14.1. The van der Waals surface area contributed by atoms with E-state index in [-0.39, 0.29) is 11.9 Å². The van der Waals surface area contributed by atoms with Crippen LogP contribution in [0.2, 0.25) is 0 Å². The number of amides is 1. The van der Waals surface area contributed by atoms with Crippen molar-refractivity contribution in [2.24, 2.45) is 0 Å². The molecule has 2 aromatic carbocycles. The third-order valence-electron chi connectivity index (χ3n) is 5.23. The van der Waals surface area contributed by atoms with Crippen LogP contribution in [0.5, 0.6) is 17.2 Å². The number of aromatic nitrogens is 2. The van der Waals surface area contributed by atoms with Gasteiger partial charge in [-0.3, -0.25) is 9.89 Å². The normalized spacial score (nSPS) is 14.9. The summed E-state index contributed by atoms with van der Waals surface area (Å²) in [6, 6.07) is 13.1. The summed E-state index contributed by atoms with van der Waals surface area (Å²) in [5.74, 6) is 1.86. The lowest BCUT2D eigenvalue weighted by Gasteiger charge is -2.15. The molecule has 1 atom stereocenters. The molecule has 7 nitrogen and oxygen atoms in total. The van der Waals surface area contributed by atoms with E-state index in [9.17, 15) is 4.79 Å². The van der Waals surface area contributed by atoms with Crippen molar-refractivity contribution in [1.29, 1.82) is 0 Å². The molecule has 0 bridgehead atoms. The molecule has 3 aromatic rings. The van der Waals surface area contributed by atoms with Crippen LogP contribution in [0.25, 0.3) is 11.3 Å². The number of ether oxygens (including phenoxy) is 3. The van der Waals surface area contributed by atoms with Gasteiger partial charge in [-0.15, -0.1) is 0 Å². The zero-order valence-electron chi connectivity index (χ0n) is 16.6. The molecule has 0 aliphatic heterocycles. The van der Waals surface area contributed by atoms with Crippen LogP contribution in [0.1, 0.15) is 34.1 Å². The van der Waals surface area contributed by atoms with Gasteiger partial charge in [0.1, 0.15) is 11.4 Å². The van der Waals surface area contributed by atoms with Crippen molar-refractivity contribution in [2.45, 2.75) is 18.9 Å². The Morgan fingerprint density at radius 1 is 1.03 bits per heavy atom. The average Bonchev–Trinajstić information content (AvgIpc) is 3.40. The minimum absolute atomic E-state index is 0.0877. The molecular formula is C22H23N3O4. The Morgan fingerprint density at radius 3 is 2.52 bits per heavy atom. The summed E-state index contributed by atoms with van der Waals surface area (Å²) < 4.78 is 16.2. The molecule has 0 saturated heterocycles. The summed E-state index contributed by atoms with van der Waals surface area (Å²) in [4.78, 5) is 12.8. The van der Waals surface area contributed by atoms with Gasteiger partial charge in [-0.25, -0.2) is 0 Å². The molecule has 29 heavy (non-hydrogen) atoms. The first-order valence-corrected chi connectivity index (χ1v) is 9.39. The maximum atomic E-state index is 12.8. The molecule has 0 radical (unpaired) electrons. The molecule has 0 fully saturated rings. The predicted octanol–water partition coefficient (Wildman–Crippen LogP) is 3.52.